The summed E-state index contributed by atoms with van der Waals surface area (Å²) in [7, 11) is 4.22. The van der Waals surface area contributed by atoms with Gasteiger partial charge in [-0.05, 0) is 25.6 Å². The lowest BCUT2D eigenvalue weighted by Gasteiger charge is -1.97. The highest BCUT2D eigenvalue weighted by Gasteiger charge is 1.86. The standard InChI is InChI=1S/C9H13N.C2H6.CH5P/c1-10-8-7-9-5-3-2-4-6-9;2*1-2/h2-6,10H,7-8H2,1H3;1-2H3;2H2,1H3/i;;1T. The Balaban J connectivity index is 0. The highest BCUT2D eigenvalue weighted by Crippen LogP contribution is 1.97. The van der Waals surface area contributed by atoms with Crippen molar-refractivity contribution < 1.29 is 1.37 Å². The van der Waals surface area contributed by atoms with Crippen LogP contribution in [0.2, 0.25) is 0 Å². The Bertz CT molecular complexity index is 192. The molecule has 0 saturated carbocycles. The maximum absolute atomic E-state index is 6.17. The number of benzene rings is 1. The molecule has 0 aromatic heterocycles. The molecule has 1 atom stereocenters. The molecular weight excluding hydrogens is 189 g/mol. The molecule has 1 N–H and O–H groups in total. The van der Waals surface area contributed by atoms with Crippen LogP contribution in [0.4, 0.5) is 0 Å². The van der Waals surface area contributed by atoms with Gasteiger partial charge in [0, 0.05) is 1.37 Å². The highest BCUT2D eigenvalue weighted by molar-refractivity contribution is 7.15. The minimum absolute atomic E-state index is 0.417. The second-order valence-corrected chi connectivity index (χ2v) is 2.34. The first-order chi connectivity index (χ1) is 7.35. The summed E-state index contributed by atoms with van der Waals surface area (Å²) in [4.78, 5) is 0. The Labute approximate surface area is 92.9 Å². The monoisotopic (exact) mass is 215 g/mol. The van der Waals surface area contributed by atoms with E-state index in [1.807, 2.05) is 27.0 Å². The van der Waals surface area contributed by atoms with E-state index in [1.54, 1.807) is 0 Å². The Kier molecular flexibility index (Phi) is 14.7. The van der Waals surface area contributed by atoms with Crippen molar-refractivity contribution >= 4 is 9.24 Å². The van der Waals surface area contributed by atoms with Crippen molar-refractivity contribution in [1.82, 2.24) is 5.32 Å². The molecular formula is C12H24NP. The molecule has 0 bridgehead atoms. The lowest BCUT2D eigenvalue weighted by molar-refractivity contribution is 0.792. The average molecular weight is 215 g/mol. The molecule has 0 aliphatic heterocycles. The van der Waals surface area contributed by atoms with E-state index in [1.165, 1.54) is 5.56 Å². The van der Waals surface area contributed by atoms with Crippen molar-refractivity contribution in [2.24, 2.45) is 0 Å². The molecule has 0 aliphatic carbocycles. The van der Waals surface area contributed by atoms with Gasteiger partial charge in [0.25, 0.3) is 0 Å². The summed E-state index contributed by atoms with van der Waals surface area (Å²) in [5.74, 6) is 0. The summed E-state index contributed by atoms with van der Waals surface area (Å²) in [5, 5.41) is 3.12. The molecule has 82 valence electrons. The van der Waals surface area contributed by atoms with Crippen LogP contribution < -0.4 is 5.32 Å². The Morgan fingerprint density at radius 1 is 1.29 bits per heavy atom. The lowest BCUT2D eigenvalue weighted by Crippen LogP contribution is -2.09. The third-order valence-corrected chi connectivity index (χ3v) is 1.51. The average Bonchev–Trinajstić information content (AvgIpc) is 2.31. The third-order valence-electron chi connectivity index (χ3n) is 1.51. The molecule has 14 heavy (non-hydrogen) atoms. The van der Waals surface area contributed by atoms with Crippen LogP contribution in [0.15, 0.2) is 30.3 Å². The second kappa shape index (κ2) is 15.1. The van der Waals surface area contributed by atoms with Crippen LogP contribution in [-0.4, -0.2) is 20.2 Å². The molecule has 2 heteroatoms. The quantitative estimate of drug-likeness (QED) is 0.764. The number of likely N-dealkylation sites (N-methyl/N-ethyl adjacent to an activating group) is 1. The van der Waals surface area contributed by atoms with Crippen molar-refractivity contribution in [2.45, 2.75) is 20.3 Å². The van der Waals surface area contributed by atoms with Gasteiger partial charge in [-0.1, -0.05) is 50.8 Å². The van der Waals surface area contributed by atoms with Gasteiger partial charge in [-0.15, -0.1) is 9.24 Å². The molecule has 0 amide bonds. The zero-order valence-corrected chi connectivity index (χ0v) is 10.7. The third kappa shape index (κ3) is 9.70. The first-order valence-corrected chi connectivity index (χ1v) is 5.84. The zero-order valence-electron chi connectivity index (χ0n) is 10.6. The largest absolute Gasteiger partial charge is 0.319 e. The van der Waals surface area contributed by atoms with E-state index in [0.717, 1.165) is 13.0 Å². The molecule has 0 heterocycles. The fraction of sp³-hybridized carbons (Fsp3) is 0.500. The van der Waals surface area contributed by atoms with E-state index >= 15 is 0 Å². The Hall–Kier alpha value is -0.390. The molecule has 1 nitrogen and oxygen atoms in total. The molecule has 0 spiro atoms. The van der Waals surface area contributed by atoms with Gasteiger partial charge >= 0.3 is 0 Å². The van der Waals surface area contributed by atoms with Crippen LogP contribution in [0.25, 0.3) is 0 Å². The summed E-state index contributed by atoms with van der Waals surface area (Å²) in [5.41, 5.74) is 1.40. The highest BCUT2D eigenvalue weighted by atomic mass is 31.0. The Morgan fingerprint density at radius 3 is 2.21 bits per heavy atom. The molecule has 0 fully saturated rings. The van der Waals surface area contributed by atoms with Gasteiger partial charge < -0.3 is 5.32 Å². The van der Waals surface area contributed by atoms with Gasteiger partial charge in [0.05, 0.1) is 0 Å². The molecule has 0 aliphatic rings. The van der Waals surface area contributed by atoms with Gasteiger partial charge in [0.2, 0.25) is 0 Å². The smallest absolute Gasteiger partial charge is 0.0274 e. The van der Waals surface area contributed by atoms with Crippen molar-refractivity contribution in [3.8, 4) is 0 Å². The summed E-state index contributed by atoms with van der Waals surface area (Å²) in [6.45, 7) is 5.48. The van der Waals surface area contributed by atoms with Crippen LogP contribution in [0.5, 0.6) is 0 Å². The predicted molar refractivity (Wildman–Crippen MR) is 71.1 cm³/mol. The van der Waals surface area contributed by atoms with Crippen molar-refractivity contribution in [2.75, 3.05) is 20.2 Å². The first-order valence-electron chi connectivity index (χ1n) is 5.73. The van der Waals surface area contributed by atoms with Crippen LogP contribution in [-0.2, 0) is 6.42 Å². The summed E-state index contributed by atoms with van der Waals surface area (Å²) in [6.07, 6.45) is 1.12. The maximum atomic E-state index is 6.17. The maximum Gasteiger partial charge on any atom is 0.0274 e. The zero-order chi connectivity index (χ0) is 11.9. The van der Waals surface area contributed by atoms with Gasteiger partial charge in [-0.3, -0.25) is 0 Å². The van der Waals surface area contributed by atoms with Crippen molar-refractivity contribution in [3.05, 3.63) is 35.9 Å². The van der Waals surface area contributed by atoms with Crippen LogP contribution in [0, 0.1) is 0 Å². The van der Waals surface area contributed by atoms with Gasteiger partial charge in [0.1, 0.15) is 0 Å². The summed E-state index contributed by atoms with van der Waals surface area (Å²) >= 11 is 0. The van der Waals surface area contributed by atoms with Crippen LogP contribution >= 0.6 is 9.24 Å². The van der Waals surface area contributed by atoms with E-state index in [4.69, 9.17) is 1.37 Å². The second-order valence-electron chi connectivity index (χ2n) is 2.34. The number of nitrogens with one attached hydrogen (secondary N) is 1. The fourth-order valence-electron chi connectivity index (χ4n) is 0.914. The van der Waals surface area contributed by atoms with E-state index in [0.29, 0.717) is 6.64 Å². The number of rotatable bonds is 3. The molecule has 1 rings (SSSR count). The Morgan fingerprint density at radius 2 is 1.79 bits per heavy atom. The fourth-order valence-corrected chi connectivity index (χ4v) is 0.914. The number of hydrogen-bond donors (Lipinski definition) is 1. The summed E-state index contributed by atoms with van der Waals surface area (Å²) < 4.78 is 6.17. The molecule has 0 saturated heterocycles. The van der Waals surface area contributed by atoms with E-state index in [2.05, 4.69) is 38.8 Å². The van der Waals surface area contributed by atoms with Gasteiger partial charge in [-0.25, -0.2) is 0 Å². The normalized spacial score (nSPS) is 8.71. The van der Waals surface area contributed by atoms with Gasteiger partial charge in [-0.2, -0.15) is 0 Å². The molecule has 1 aromatic rings. The van der Waals surface area contributed by atoms with E-state index < -0.39 is 0 Å². The predicted octanol–water partition coefficient (Wildman–Crippen LogP) is 2.97. The van der Waals surface area contributed by atoms with Crippen LogP contribution in [0.1, 0.15) is 20.8 Å². The molecule has 1 aromatic carbocycles. The van der Waals surface area contributed by atoms with Crippen LogP contribution in [0.3, 0.4) is 0 Å². The number of hydrogen-bond acceptors (Lipinski definition) is 1. The van der Waals surface area contributed by atoms with E-state index in [9.17, 15) is 0 Å². The molecule has 0 radical (unpaired) electrons. The first kappa shape index (κ1) is 13.6. The minimum atomic E-state index is 0.417. The molecule has 1 unspecified atom stereocenters. The van der Waals surface area contributed by atoms with Gasteiger partial charge in [0.15, 0.2) is 0 Å². The minimum Gasteiger partial charge on any atom is -0.319 e. The topological polar surface area (TPSA) is 12.0 Å². The van der Waals surface area contributed by atoms with E-state index in [-0.39, 0.29) is 0 Å². The SMILES string of the molecule is CC.CNCCc1ccccc1.[3H]CP. The summed E-state index contributed by atoms with van der Waals surface area (Å²) in [6, 6.07) is 10.5. The van der Waals surface area contributed by atoms with Crippen molar-refractivity contribution in [3.63, 3.8) is 0 Å². The lowest BCUT2D eigenvalue weighted by atomic mass is 10.2. The van der Waals surface area contributed by atoms with Crippen molar-refractivity contribution in [1.29, 1.82) is 0 Å².